The number of nitrogens with one attached hydrogen (secondary N) is 2. The minimum atomic E-state index is -0.741. The van der Waals surface area contributed by atoms with E-state index in [1.165, 1.54) is 0 Å². The predicted molar refractivity (Wildman–Crippen MR) is 113 cm³/mol. The Kier molecular flexibility index (Phi) is 5.57. The van der Waals surface area contributed by atoms with E-state index in [0.717, 1.165) is 16.9 Å². The van der Waals surface area contributed by atoms with Crippen molar-refractivity contribution < 1.29 is 19.0 Å². The van der Waals surface area contributed by atoms with Crippen LogP contribution in [0.15, 0.2) is 84.9 Å². The van der Waals surface area contributed by atoms with Gasteiger partial charge in [-0.15, -0.1) is 10.1 Å². The van der Waals surface area contributed by atoms with Crippen molar-refractivity contribution in [2.24, 2.45) is 0 Å². The topological polar surface area (TPSA) is 70.4 Å². The van der Waals surface area contributed by atoms with Crippen LogP contribution >= 0.6 is 0 Å². The van der Waals surface area contributed by atoms with E-state index in [9.17, 15) is 9.59 Å². The smallest absolute Gasteiger partial charge is 0.304 e. The molecule has 0 aromatic heterocycles. The number of carbonyl (C=O) groups excluding carboxylic acids is 2. The largest absolute Gasteiger partial charge is 0.497 e. The fourth-order valence-corrected chi connectivity index (χ4v) is 3.50. The Balaban J connectivity index is 1.68. The number of carbonyl (C=O) groups is 2. The van der Waals surface area contributed by atoms with Crippen LogP contribution in [0.5, 0.6) is 5.75 Å². The van der Waals surface area contributed by atoms with Gasteiger partial charge in [0.1, 0.15) is 5.75 Å². The fourth-order valence-electron chi connectivity index (χ4n) is 3.50. The van der Waals surface area contributed by atoms with Crippen molar-refractivity contribution in [3.8, 4) is 5.75 Å². The van der Waals surface area contributed by atoms with Crippen LogP contribution in [-0.2, 0) is 4.79 Å². The number of nitrogens with zero attached hydrogens (tertiary/aromatic N) is 1. The number of hydrazone groups is 1. The molecule has 1 saturated heterocycles. The molecule has 30 heavy (non-hydrogen) atoms. The second-order valence-electron chi connectivity index (χ2n) is 6.96. The number of benzene rings is 3. The second-order valence-corrected chi connectivity index (χ2v) is 6.96. The zero-order valence-corrected chi connectivity index (χ0v) is 16.5. The molecule has 150 valence electrons. The quantitative estimate of drug-likeness (QED) is 0.647. The number of hydrogen-bond acceptors (Lipinski definition) is 3. The van der Waals surface area contributed by atoms with E-state index in [4.69, 9.17) is 4.74 Å². The van der Waals surface area contributed by atoms with Crippen LogP contribution in [0.4, 0.5) is 0 Å². The molecule has 1 aliphatic heterocycles. The highest BCUT2D eigenvalue weighted by Crippen LogP contribution is 2.25. The number of hydrazine groups is 1. The van der Waals surface area contributed by atoms with Crippen LogP contribution in [0, 0.1) is 0 Å². The lowest BCUT2D eigenvalue weighted by atomic mass is 10.00. The molecular formula is C24H22N3O3+. The lowest BCUT2D eigenvalue weighted by Gasteiger charge is -2.14. The zero-order valence-electron chi connectivity index (χ0n) is 16.5. The fraction of sp³-hybridized carbons (Fsp3) is 0.125. The normalized spacial score (nSPS) is 19.4. The third-order valence-corrected chi connectivity index (χ3v) is 5.00. The first kappa shape index (κ1) is 19.4. The highest BCUT2D eigenvalue weighted by atomic mass is 16.5. The summed E-state index contributed by atoms with van der Waals surface area (Å²) < 4.78 is 6.95. The van der Waals surface area contributed by atoms with E-state index in [2.05, 4.69) is 10.7 Å². The third kappa shape index (κ3) is 4.07. The van der Waals surface area contributed by atoms with Gasteiger partial charge in [-0.3, -0.25) is 9.59 Å². The molecule has 2 atom stereocenters. The number of rotatable bonds is 5. The molecule has 1 heterocycles. The average molecular weight is 400 g/mol. The van der Waals surface area contributed by atoms with Crippen LogP contribution in [-0.4, -0.2) is 35.9 Å². The Morgan fingerprint density at radius 2 is 1.60 bits per heavy atom. The average Bonchev–Trinajstić information content (AvgIpc) is 3.09. The van der Waals surface area contributed by atoms with Gasteiger partial charge in [-0.2, -0.15) is 0 Å². The summed E-state index contributed by atoms with van der Waals surface area (Å²) >= 11 is 0. The van der Waals surface area contributed by atoms with Crippen LogP contribution in [0.1, 0.15) is 27.5 Å². The Hall–Kier alpha value is -3.93. The number of hydrogen-bond donors (Lipinski definition) is 2. The molecule has 1 aliphatic rings. The molecule has 0 saturated carbocycles. The highest BCUT2D eigenvalue weighted by molar-refractivity contribution is 5.98. The molecule has 2 amide bonds. The SMILES string of the molecule is COc1ccc(/C=[N+]2\NC(=O)[C@@H](NC(=O)c3ccccc3)[C@@H]2c2ccccc2)cc1. The first-order chi connectivity index (χ1) is 14.7. The van der Waals surface area contributed by atoms with Crippen molar-refractivity contribution in [2.75, 3.05) is 7.11 Å². The Labute approximate surface area is 174 Å². The van der Waals surface area contributed by atoms with Crippen molar-refractivity contribution in [3.63, 3.8) is 0 Å². The Bertz CT molecular complexity index is 1060. The van der Waals surface area contributed by atoms with Gasteiger partial charge in [-0.1, -0.05) is 48.5 Å². The van der Waals surface area contributed by atoms with Gasteiger partial charge in [0.25, 0.3) is 5.91 Å². The summed E-state index contributed by atoms with van der Waals surface area (Å²) in [4.78, 5) is 25.5. The Morgan fingerprint density at radius 1 is 0.967 bits per heavy atom. The predicted octanol–water partition coefficient (Wildman–Crippen LogP) is 2.71. The summed E-state index contributed by atoms with van der Waals surface area (Å²) in [7, 11) is 1.62. The summed E-state index contributed by atoms with van der Waals surface area (Å²) in [6.07, 6.45) is 1.85. The van der Waals surface area contributed by atoms with Gasteiger partial charge in [-0.05, 0) is 36.4 Å². The minimum absolute atomic E-state index is 0.266. The van der Waals surface area contributed by atoms with Crippen LogP contribution < -0.4 is 15.5 Å². The van der Waals surface area contributed by atoms with Gasteiger partial charge in [0.15, 0.2) is 6.04 Å². The van der Waals surface area contributed by atoms with Gasteiger partial charge in [0.2, 0.25) is 12.3 Å². The summed E-state index contributed by atoms with van der Waals surface area (Å²) in [6, 6.07) is 24.9. The number of ether oxygens (including phenoxy) is 1. The van der Waals surface area contributed by atoms with E-state index >= 15 is 0 Å². The maximum absolute atomic E-state index is 12.8. The van der Waals surface area contributed by atoms with Crippen LogP contribution in [0.3, 0.4) is 0 Å². The van der Waals surface area contributed by atoms with E-state index in [1.54, 1.807) is 36.1 Å². The zero-order chi connectivity index (χ0) is 20.9. The standard InChI is InChI=1S/C24H21N3O3/c1-30-20-14-12-17(13-15-20)16-27-22(18-8-4-2-5-9-18)21(24(29)26-27)25-23(28)19-10-6-3-7-11-19/h2-16,21-22H,1H3,(H-,25,26,28,29)/p+1/b27-16-/t21-,22-/m0/s1. The van der Waals surface area contributed by atoms with Crippen LogP contribution in [0.25, 0.3) is 0 Å². The minimum Gasteiger partial charge on any atom is -0.497 e. The number of amides is 2. The maximum atomic E-state index is 12.8. The molecule has 6 nitrogen and oxygen atoms in total. The van der Waals surface area contributed by atoms with Gasteiger partial charge in [0.05, 0.1) is 7.11 Å². The lowest BCUT2D eigenvalue weighted by Crippen LogP contribution is -2.42. The molecule has 3 aromatic rings. The molecule has 4 rings (SSSR count). The lowest BCUT2D eigenvalue weighted by molar-refractivity contribution is -0.596. The molecule has 0 spiro atoms. The molecular weight excluding hydrogens is 378 g/mol. The van der Waals surface area contributed by atoms with Gasteiger partial charge >= 0.3 is 5.91 Å². The third-order valence-electron chi connectivity index (χ3n) is 5.00. The first-order valence-corrected chi connectivity index (χ1v) is 9.64. The van der Waals surface area contributed by atoms with E-state index in [0.29, 0.717) is 5.56 Å². The summed E-state index contributed by atoms with van der Waals surface area (Å²) in [5.74, 6) is 0.200. The van der Waals surface area contributed by atoms with Crippen LogP contribution in [0.2, 0.25) is 0 Å². The molecule has 0 bridgehead atoms. The van der Waals surface area contributed by atoms with E-state index in [-0.39, 0.29) is 11.8 Å². The molecule has 2 N–H and O–H groups in total. The molecule has 0 aliphatic carbocycles. The molecule has 1 fully saturated rings. The first-order valence-electron chi connectivity index (χ1n) is 9.64. The van der Waals surface area contributed by atoms with Gasteiger partial charge in [0, 0.05) is 16.7 Å². The summed E-state index contributed by atoms with van der Waals surface area (Å²) in [6.45, 7) is 0. The van der Waals surface area contributed by atoms with Crippen molar-refractivity contribution in [3.05, 3.63) is 102 Å². The van der Waals surface area contributed by atoms with Gasteiger partial charge in [-0.25, -0.2) is 0 Å². The van der Waals surface area contributed by atoms with Crippen molar-refractivity contribution >= 4 is 18.0 Å². The molecule has 6 heteroatoms. The van der Waals surface area contributed by atoms with Crippen molar-refractivity contribution in [1.29, 1.82) is 0 Å². The van der Waals surface area contributed by atoms with Crippen molar-refractivity contribution in [2.45, 2.75) is 12.1 Å². The summed E-state index contributed by atoms with van der Waals surface area (Å²) in [5.41, 5.74) is 5.20. The number of methoxy groups -OCH3 is 1. The van der Waals surface area contributed by atoms with E-state index in [1.807, 2.05) is 66.9 Å². The second kappa shape index (κ2) is 8.61. The monoisotopic (exact) mass is 400 g/mol. The maximum Gasteiger partial charge on any atom is 0.304 e. The Morgan fingerprint density at radius 3 is 2.23 bits per heavy atom. The van der Waals surface area contributed by atoms with E-state index < -0.39 is 12.1 Å². The molecule has 0 radical (unpaired) electrons. The summed E-state index contributed by atoms with van der Waals surface area (Å²) in [5, 5.41) is 2.89. The van der Waals surface area contributed by atoms with Crippen molar-refractivity contribution in [1.82, 2.24) is 10.7 Å². The molecule has 3 aromatic carbocycles. The highest BCUT2D eigenvalue weighted by Gasteiger charge is 2.47. The molecule has 0 unspecified atom stereocenters. The van der Waals surface area contributed by atoms with Gasteiger partial charge < -0.3 is 10.1 Å².